The van der Waals surface area contributed by atoms with Crippen molar-refractivity contribution in [3.63, 3.8) is 0 Å². The summed E-state index contributed by atoms with van der Waals surface area (Å²) in [6, 6.07) is 3.54. The van der Waals surface area contributed by atoms with Crippen LogP contribution >= 0.6 is 0 Å². The lowest BCUT2D eigenvalue weighted by Crippen LogP contribution is -2.40. The zero-order chi connectivity index (χ0) is 13.9. The standard InChI is InChI=1S/C11H12N4O3S/c1-9-2-4-12-11(14-9)10-3-5-15(13-8-10)6-7-19(16,17)18/h2-5,8H,6-7H2,1H3/p+1. The number of hydrogen-bond acceptors (Lipinski definition) is 5. The molecule has 0 spiro atoms. The first kappa shape index (κ1) is 13.5. The summed E-state index contributed by atoms with van der Waals surface area (Å²) in [5.41, 5.74) is 1.60. The van der Waals surface area contributed by atoms with Crippen LogP contribution in [0.1, 0.15) is 5.69 Å². The van der Waals surface area contributed by atoms with E-state index < -0.39 is 10.1 Å². The highest BCUT2D eigenvalue weighted by atomic mass is 32.2. The molecule has 0 radical (unpaired) electrons. The summed E-state index contributed by atoms with van der Waals surface area (Å²) in [5.74, 6) is 0.194. The maximum Gasteiger partial charge on any atom is 0.271 e. The van der Waals surface area contributed by atoms with Gasteiger partial charge in [-0.15, -0.1) is 0 Å². The predicted octanol–water partition coefficient (Wildman–Crippen LogP) is 0.0223. The first-order chi connectivity index (χ1) is 8.94. The zero-order valence-corrected chi connectivity index (χ0v) is 11.1. The molecule has 0 saturated carbocycles. The minimum atomic E-state index is -3.98. The van der Waals surface area contributed by atoms with Gasteiger partial charge in [-0.1, -0.05) is 4.68 Å². The second-order valence-electron chi connectivity index (χ2n) is 3.99. The summed E-state index contributed by atoms with van der Waals surface area (Å²) in [6.07, 6.45) is 4.84. The smallest absolute Gasteiger partial charge is 0.271 e. The van der Waals surface area contributed by atoms with E-state index >= 15 is 0 Å². The summed E-state index contributed by atoms with van der Waals surface area (Å²) < 4.78 is 31.3. The molecule has 8 heteroatoms. The van der Waals surface area contributed by atoms with Gasteiger partial charge in [-0.05, 0) is 18.1 Å². The van der Waals surface area contributed by atoms with Gasteiger partial charge >= 0.3 is 0 Å². The number of nitrogens with zero attached hydrogens (tertiary/aromatic N) is 4. The number of aryl methyl sites for hydroxylation is 2. The average molecular weight is 281 g/mol. The molecular weight excluding hydrogens is 268 g/mol. The van der Waals surface area contributed by atoms with E-state index in [1.54, 1.807) is 30.7 Å². The van der Waals surface area contributed by atoms with Crippen LogP contribution in [0, 0.1) is 6.92 Å². The van der Waals surface area contributed by atoms with Gasteiger partial charge in [-0.25, -0.2) is 9.97 Å². The fourth-order valence-electron chi connectivity index (χ4n) is 1.45. The van der Waals surface area contributed by atoms with Crippen molar-refractivity contribution in [3.8, 4) is 11.4 Å². The largest absolute Gasteiger partial charge is 0.285 e. The van der Waals surface area contributed by atoms with Crippen LogP contribution in [0.4, 0.5) is 0 Å². The van der Waals surface area contributed by atoms with Crippen molar-refractivity contribution in [1.29, 1.82) is 0 Å². The molecule has 100 valence electrons. The predicted molar refractivity (Wildman–Crippen MR) is 66.6 cm³/mol. The van der Waals surface area contributed by atoms with Crippen molar-refractivity contribution in [1.82, 2.24) is 15.1 Å². The topological polar surface area (TPSA) is 96.9 Å². The molecule has 7 nitrogen and oxygen atoms in total. The third-order valence-electron chi connectivity index (χ3n) is 2.40. The van der Waals surface area contributed by atoms with Gasteiger partial charge in [-0.3, -0.25) is 4.55 Å². The van der Waals surface area contributed by atoms with E-state index in [4.69, 9.17) is 4.55 Å². The molecule has 0 atom stereocenters. The van der Waals surface area contributed by atoms with Crippen LogP contribution in [0.25, 0.3) is 11.4 Å². The third-order valence-corrected chi connectivity index (χ3v) is 3.10. The van der Waals surface area contributed by atoms with Gasteiger partial charge in [0.25, 0.3) is 10.1 Å². The van der Waals surface area contributed by atoms with E-state index in [-0.39, 0.29) is 12.3 Å². The zero-order valence-electron chi connectivity index (χ0n) is 10.3. The molecule has 0 aliphatic carbocycles. The van der Waals surface area contributed by atoms with Crippen LogP contribution in [0.15, 0.2) is 30.7 Å². The second-order valence-corrected chi connectivity index (χ2v) is 5.56. The number of aromatic nitrogens is 4. The Morgan fingerprint density at radius 3 is 2.74 bits per heavy atom. The molecule has 0 fully saturated rings. The van der Waals surface area contributed by atoms with E-state index in [1.165, 1.54) is 4.68 Å². The van der Waals surface area contributed by atoms with E-state index in [1.807, 2.05) is 6.92 Å². The highest BCUT2D eigenvalue weighted by Gasteiger charge is 2.11. The molecular formula is C11H13N4O3S+. The summed E-state index contributed by atoms with van der Waals surface area (Å²) in [7, 11) is -3.98. The Morgan fingerprint density at radius 2 is 2.16 bits per heavy atom. The average Bonchev–Trinajstić information content (AvgIpc) is 2.36. The highest BCUT2D eigenvalue weighted by molar-refractivity contribution is 7.85. The van der Waals surface area contributed by atoms with Crippen LogP contribution in [0.5, 0.6) is 0 Å². The molecule has 2 aromatic rings. The van der Waals surface area contributed by atoms with Crippen molar-refractivity contribution >= 4 is 10.1 Å². The lowest BCUT2D eigenvalue weighted by atomic mass is 10.3. The number of hydrogen-bond donors (Lipinski definition) is 1. The van der Waals surface area contributed by atoms with Gasteiger partial charge in [0.1, 0.15) is 11.9 Å². The monoisotopic (exact) mass is 281 g/mol. The Labute approximate surface area is 110 Å². The Morgan fingerprint density at radius 1 is 1.37 bits per heavy atom. The van der Waals surface area contributed by atoms with Crippen LogP contribution < -0.4 is 4.68 Å². The van der Waals surface area contributed by atoms with Crippen LogP contribution in [0.2, 0.25) is 0 Å². The SMILES string of the molecule is Cc1ccnc(-c2cc[n+](CCS(=O)(=O)O)nc2)n1. The molecule has 2 rings (SSSR count). The second kappa shape index (κ2) is 5.37. The van der Waals surface area contributed by atoms with Gasteiger partial charge in [0, 0.05) is 23.5 Å². The minimum absolute atomic E-state index is 0.0911. The van der Waals surface area contributed by atoms with Crippen LogP contribution in [0.3, 0.4) is 0 Å². The van der Waals surface area contributed by atoms with E-state index in [0.717, 1.165) is 11.3 Å². The van der Waals surface area contributed by atoms with Crippen molar-refractivity contribution in [3.05, 3.63) is 36.4 Å². The molecule has 0 amide bonds. The normalized spacial score (nSPS) is 11.5. The fraction of sp³-hybridized carbons (Fsp3) is 0.273. The summed E-state index contributed by atoms with van der Waals surface area (Å²) in [4.78, 5) is 8.39. The van der Waals surface area contributed by atoms with Crippen molar-refractivity contribution in [2.75, 3.05) is 5.75 Å². The molecule has 0 saturated heterocycles. The fourth-order valence-corrected chi connectivity index (χ4v) is 1.86. The van der Waals surface area contributed by atoms with Crippen molar-refractivity contribution in [2.45, 2.75) is 13.5 Å². The van der Waals surface area contributed by atoms with Gasteiger partial charge in [-0.2, -0.15) is 8.42 Å². The highest BCUT2D eigenvalue weighted by Crippen LogP contribution is 2.10. The molecule has 1 N–H and O–H groups in total. The lowest BCUT2D eigenvalue weighted by molar-refractivity contribution is -0.750. The maximum atomic E-state index is 10.6. The Bertz CT molecular complexity index is 671. The summed E-state index contributed by atoms with van der Waals surface area (Å²) in [6.45, 7) is 1.96. The molecule has 0 aromatic carbocycles. The minimum Gasteiger partial charge on any atom is -0.285 e. The van der Waals surface area contributed by atoms with Crippen LogP contribution in [-0.2, 0) is 16.7 Å². The van der Waals surface area contributed by atoms with Gasteiger partial charge in [0.15, 0.2) is 18.6 Å². The molecule has 2 heterocycles. The molecule has 0 unspecified atom stereocenters. The van der Waals surface area contributed by atoms with Gasteiger partial charge < -0.3 is 0 Å². The number of rotatable bonds is 4. The first-order valence-corrected chi connectivity index (χ1v) is 7.16. The molecule has 0 aliphatic heterocycles. The third kappa shape index (κ3) is 4.04. The maximum absolute atomic E-state index is 10.6. The summed E-state index contributed by atoms with van der Waals surface area (Å²) in [5, 5.41) is 4.05. The van der Waals surface area contributed by atoms with E-state index in [0.29, 0.717) is 5.82 Å². The molecule has 19 heavy (non-hydrogen) atoms. The summed E-state index contributed by atoms with van der Waals surface area (Å²) >= 11 is 0. The quantitative estimate of drug-likeness (QED) is 0.627. The van der Waals surface area contributed by atoms with E-state index in [2.05, 4.69) is 15.1 Å². The lowest BCUT2D eigenvalue weighted by Gasteiger charge is -1.99. The van der Waals surface area contributed by atoms with E-state index in [9.17, 15) is 8.42 Å². The molecule has 2 aromatic heterocycles. The van der Waals surface area contributed by atoms with Crippen LogP contribution in [-0.4, -0.2) is 33.8 Å². The Kier molecular flexibility index (Phi) is 3.82. The van der Waals surface area contributed by atoms with Crippen molar-refractivity contribution in [2.24, 2.45) is 0 Å². The molecule has 0 bridgehead atoms. The first-order valence-electron chi connectivity index (χ1n) is 5.55. The Hall–Kier alpha value is -1.93. The Balaban J connectivity index is 2.15. The molecule has 0 aliphatic rings. The van der Waals surface area contributed by atoms with Crippen molar-refractivity contribution < 1.29 is 17.7 Å². The van der Waals surface area contributed by atoms with Gasteiger partial charge in [0.05, 0.1) is 0 Å². The van der Waals surface area contributed by atoms with Gasteiger partial charge in [0.2, 0.25) is 0 Å².